The number of nitrogens with zero attached hydrogens (tertiary/aromatic N) is 4. The summed E-state index contributed by atoms with van der Waals surface area (Å²) in [6.45, 7) is 8.48. The van der Waals surface area contributed by atoms with Crippen molar-refractivity contribution in [3.05, 3.63) is 17.5 Å². The number of likely N-dealkylation sites (tertiary alicyclic amines) is 1. The highest BCUT2D eigenvalue weighted by atomic mass is 16.6. The van der Waals surface area contributed by atoms with Gasteiger partial charge >= 0.3 is 6.09 Å². The van der Waals surface area contributed by atoms with E-state index < -0.39 is 0 Å². The molecule has 1 spiro atoms. The number of aromatic amines is 1. The van der Waals surface area contributed by atoms with Crippen LogP contribution in [-0.2, 0) is 25.4 Å². The third kappa shape index (κ3) is 4.40. The van der Waals surface area contributed by atoms with E-state index in [0.717, 1.165) is 38.7 Å². The van der Waals surface area contributed by atoms with Crippen molar-refractivity contribution in [1.82, 2.24) is 25.5 Å². The third-order valence-corrected chi connectivity index (χ3v) is 7.87. The van der Waals surface area contributed by atoms with Gasteiger partial charge in [0.1, 0.15) is 23.4 Å². The summed E-state index contributed by atoms with van der Waals surface area (Å²) in [5.41, 5.74) is 0.745. The van der Waals surface area contributed by atoms with Gasteiger partial charge in [-0.1, -0.05) is 16.9 Å². The van der Waals surface area contributed by atoms with Gasteiger partial charge in [0.05, 0.1) is 18.6 Å². The van der Waals surface area contributed by atoms with E-state index in [1.165, 1.54) is 5.57 Å². The molecule has 1 aromatic heterocycles. The van der Waals surface area contributed by atoms with Crippen LogP contribution in [0, 0.1) is 11.8 Å². The van der Waals surface area contributed by atoms with Gasteiger partial charge in [0.15, 0.2) is 5.82 Å². The summed E-state index contributed by atoms with van der Waals surface area (Å²) >= 11 is 0. The molecule has 4 aliphatic rings. The van der Waals surface area contributed by atoms with Gasteiger partial charge in [0.2, 0.25) is 0 Å². The number of amides is 1. The predicted molar refractivity (Wildman–Crippen MR) is 117 cm³/mol. The van der Waals surface area contributed by atoms with E-state index in [2.05, 4.69) is 47.5 Å². The van der Waals surface area contributed by atoms with Crippen LogP contribution in [0.5, 0.6) is 0 Å². The van der Waals surface area contributed by atoms with Crippen LogP contribution in [0.1, 0.15) is 52.3 Å². The second-order valence-corrected chi connectivity index (χ2v) is 10.4. The molecule has 6 atom stereocenters. The molecule has 182 valence electrons. The fourth-order valence-electron chi connectivity index (χ4n) is 5.80. The van der Waals surface area contributed by atoms with E-state index in [-0.39, 0.29) is 41.5 Å². The highest BCUT2D eigenvalue weighted by molar-refractivity contribution is 5.69. The lowest BCUT2D eigenvalue weighted by molar-refractivity contribution is -0.124. The van der Waals surface area contributed by atoms with E-state index in [9.17, 15) is 4.79 Å². The normalized spacial score (nSPS) is 37.5. The molecule has 1 amide bonds. The molecule has 1 N–H and O–H groups in total. The minimum Gasteiger partial charge on any atom is -0.443 e. The van der Waals surface area contributed by atoms with Crippen LogP contribution in [-0.4, -0.2) is 87.9 Å². The maximum atomic E-state index is 12.9. The van der Waals surface area contributed by atoms with Crippen molar-refractivity contribution in [3.63, 3.8) is 0 Å². The van der Waals surface area contributed by atoms with Crippen molar-refractivity contribution in [2.24, 2.45) is 11.8 Å². The Morgan fingerprint density at radius 1 is 1.36 bits per heavy atom. The third-order valence-electron chi connectivity index (χ3n) is 7.87. The van der Waals surface area contributed by atoms with Crippen molar-refractivity contribution >= 4 is 6.09 Å². The number of allylic oxidation sites excluding steroid dienone is 1. The first-order valence-corrected chi connectivity index (χ1v) is 12.0. The Hall–Kier alpha value is -2.04. The number of carbonyl (C=O) groups excluding carboxylic acids is 1. The van der Waals surface area contributed by atoms with Gasteiger partial charge in [-0.05, 0) is 52.4 Å². The number of H-pyrrole nitrogens is 1. The number of aromatic nitrogens is 4. The van der Waals surface area contributed by atoms with Gasteiger partial charge in [-0.3, -0.25) is 0 Å². The molecule has 1 aliphatic carbocycles. The van der Waals surface area contributed by atoms with Crippen LogP contribution in [0.25, 0.3) is 0 Å². The fraction of sp³-hybridized carbons (Fsp3) is 0.826. The summed E-state index contributed by atoms with van der Waals surface area (Å²) in [5.74, 6) is 1.18. The number of aryl methyl sites for hydroxylation is 1. The number of rotatable bonds is 8. The second kappa shape index (κ2) is 8.63. The second-order valence-electron chi connectivity index (χ2n) is 10.4. The zero-order valence-electron chi connectivity index (χ0n) is 20.0. The number of tetrazole rings is 1. The lowest BCUT2D eigenvalue weighted by atomic mass is 9.68. The summed E-state index contributed by atoms with van der Waals surface area (Å²) in [4.78, 5) is 14.6. The van der Waals surface area contributed by atoms with E-state index in [1.807, 2.05) is 0 Å². The van der Waals surface area contributed by atoms with Gasteiger partial charge < -0.3 is 23.8 Å². The summed E-state index contributed by atoms with van der Waals surface area (Å²) in [6.07, 6.45) is 5.72. The van der Waals surface area contributed by atoms with Crippen LogP contribution in [0.2, 0.25) is 0 Å². The predicted octanol–water partition coefficient (Wildman–Crippen LogP) is 2.28. The van der Waals surface area contributed by atoms with Gasteiger partial charge in [0.25, 0.3) is 0 Å². The highest BCUT2D eigenvalue weighted by Gasteiger charge is 2.72. The summed E-state index contributed by atoms with van der Waals surface area (Å²) in [7, 11) is 1.70. The molecule has 10 heteroatoms. The minimum absolute atomic E-state index is 0.0382. The molecule has 1 aromatic rings. The standard InChI is InChI=1S/C23H35N5O5/c1-14(2)5-7-17-22(3,33-17)20-19(30-4)16(9-10-23(20)13-31-23)32-21(29)28-11-15(12-28)6-8-18-24-26-27-25-18/h5,15-17,19-20H,6-13H2,1-4H3,(H,24,25,26,27)/t16-,17?,19-,20-,22+,23+/m1/s1. The van der Waals surface area contributed by atoms with Gasteiger partial charge in [-0.2, -0.15) is 5.21 Å². The monoisotopic (exact) mass is 461 g/mol. The average Bonchev–Trinajstić information content (AvgIpc) is 3.59. The van der Waals surface area contributed by atoms with E-state index >= 15 is 0 Å². The van der Waals surface area contributed by atoms with Crippen molar-refractivity contribution in [2.75, 3.05) is 26.8 Å². The molecule has 5 rings (SSSR count). The number of epoxide rings is 2. The van der Waals surface area contributed by atoms with Gasteiger partial charge in [0, 0.05) is 26.6 Å². The molecule has 3 aliphatic heterocycles. The first-order valence-electron chi connectivity index (χ1n) is 12.0. The van der Waals surface area contributed by atoms with Crippen molar-refractivity contribution in [3.8, 4) is 0 Å². The first-order chi connectivity index (χ1) is 15.8. The van der Waals surface area contributed by atoms with Crippen molar-refractivity contribution < 1.29 is 23.7 Å². The number of carbonyl (C=O) groups is 1. The molecule has 1 saturated carbocycles. The van der Waals surface area contributed by atoms with Crippen LogP contribution in [0.3, 0.4) is 0 Å². The van der Waals surface area contributed by atoms with E-state index in [0.29, 0.717) is 24.8 Å². The Morgan fingerprint density at radius 3 is 2.79 bits per heavy atom. The number of ether oxygens (including phenoxy) is 4. The Morgan fingerprint density at radius 2 is 2.15 bits per heavy atom. The number of methoxy groups -OCH3 is 1. The minimum atomic E-state index is -0.328. The summed E-state index contributed by atoms with van der Waals surface area (Å²) < 4.78 is 24.2. The molecule has 4 fully saturated rings. The Labute approximate surface area is 194 Å². The van der Waals surface area contributed by atoms with E-state index in [4.69, 9.17) is 18.9 Å². The lowest BCUT2D eigenvalue weighted by Gasteiger charge is -2.44. The first kappa shape index (κ1) is 22.7. The fourth-order valence-corrected chi connectivity index (χ4v) is 5.80. The lowest BCUT2D eigenvalue weighted by Crippen LogP contribution is -2.57. The molecule has 33 heavy (non-hydrogen) atoms. The zero-order chi connectivity index (χ0) is 23.2. The van der Waals surface area contributed by atoms with Crippen molar-refractivity contribution in [1.29, 1.82) is 0 Å². The smallest absolute Gasteiger partial charge is 0.410 e. The maximum absolute atomic E-state index is 12.9. The van der Waals surface area contributed by atoms with E-state index in [1.54, 1.807) is 12.0 Å². The van der Waals surface area contributed by atoms with Gasteiger partial charge in [-0.25, -0.2) is 4.79 Å². The molecule has 10 nitrogen and oxygen atoms in total. The highest BCUT2D eigenvalue weighted by Crippen LogP contribution is 2.59. The maximum Gasteiger partial charge on any atom is 0.410 e. The molecule has 4 heterocycles. The van der Waals surface area contributed by atoms with Crippen LogP contribution < -0.4 is 0 Å². The number of nitrogens with one attached hydrogen (secondary N) is 1. The van der Waals surface area contributed by atoms with Crippen LogP contribution in [0.4, 0.5) is 4.79 Å². The zero-order valence-corrected chi connectivity index (χ0v) is 20.0. The SMILES string of the molecule is CO[C@@H]1[C@H](OC(=O)N2CC(CCc3nn[nH]n3)C2)CC[C@]2(CO2)[C@H]1[C@@]1(C)OC1CC=C(C)C. The Kier molecular flexibility index (Phi) is 5.95. The topological polar surface area (TPSA) is 118 Å². The van der Waals surface area contributed by atoms with Crippen LogP contribution in [0.15, 0.2) is 11.6 Å². The van der Waals surface area contributed by atoms with Crippen LogP contribution >= 0.6 is 0 Å². The largest absolute Gasteiger partial charge is 0.443 e. The molecular formula is C23H35N5O5. The molecule has 0 bridgehead atoms. The average molecular weight is 462 g/mol. The Balaban J connectivity index is 1.17. The molecule has 0 radical (unpaired) electrons. The summed E-state index contributed by atoms with van der Waals surface area (Å²) in [5, 5.41) is 14.0. The molecule has 1 unspecified atom stereocenters. The quantitative estimate of drug-likeness (QED) is 0.463. The molecule has 3 saturated heterocycles. The number of hydrogen-bond acceptors (Lipinski definition) is 8. The summed E-state index contributed by atoms with van der Waals surface area (Å²) in [6, 6.07) is 0. The van der Waals surface area contributed by atoms with Gasteiger partial charge in [-0.15, -0.1) is 10.2 Å². The van der Waals surface area contributed by atoms with Crippen molar-refractivity contribution in [2.45, 2.75) is 82.4 Å². The number of hydrogen-bond donors (Lipinski definition) is 1. The Bertz CT molecular complexity index is 878. The molecular weight excluding hydrogens is 426 g/mol. The molecule has 0 aromatic carbocycles.